The molecule has 1 rings (SSSR count). The molecule has 0 aromatic carbocycles. The van der Waals surface area contributed by atoms with Crippen LogP contribution in [0, 0.1) is 12.3 Å². The van der Waals surface area contributed by atoms with E-state index in [1.54, 1.807) is 4.90 Å². The van der Waals surface area contributed by atoms with Crippen LogP contribution in [-0.2, 0) is 4.79 Å². The number of likely N-dealkylation sites (tertiary alicyclic amines) is 1. The minimum Gasteiger partial charge on any atom is -0.331 e. The van der Waals surface area contributed by atoms with Crippen LogP contribution in [0.15, 0.2) is 0 Å². The number of nitrogens with zero attached hydrogens (tertiary/aromatic N) is 2. The van der Waals surface area contributed by atoms with Gasteiger partial charge in [0.1, 0.15) is 0 Å². The number of rotatable bonds is 4. The van der Waals surface area contributed by atoms with Gasteiger partial charge >= 0.3 is 0 Å². The van der Waals surface area contributed by atoms with Gasteiger partial charge in [0.25, 0.3) is 0 Å². The van der Waals surface area contributed by atoms with Crippen LogP contribution in [0.1, 0.15) is 19.8 Å². The molecule has 1 fully saturated rings. The number of hydrogen-bond donors (Lipinski definition) is 1. The van der Waals surface area contributed by atoms with Gasteiger partial charge in [-0.15, -0.1) is 6.42 Å². The molecule has 0 aliphatic carbocycles. The van der Waals surface area contributed by atoms with Crippen molar-refractivity contribution in [1.29, 1.82) is 0 Å². The first-order chi connectivity index (χ1) is 7.67. The standard InChI is InChI=1S/C12H21N3O/c1-3-7-15(4-2)12(16)10-14-8-5-11(13)6-9-14/h1,11H,4-10,13H2,2H3. The van der Waals surface area contributed by atoms with Crippen LogP contribution in [0.5, 0.6) is 0 Å². The number of amides is 1. The molecular weight excluding hydrogens is 202 g/mol. The summed E-state index contributed by atoms with van der Waals surface area (Å²) in [4.78, 5) is 15.7. The van der Waals surface area contributed by atoms with Gasteiger partial charge in [0, 0.05) is 25.7 Å². The Morgan fingerprint density at radius 1 is 1.56 bits per heavy atom. The van der Waals surface area contributed by atoms with E-state index in [2.05, 4.69) is 10.8 Å². The van der Waals surface area contributed by atoms with Crippen LogP contribution in [0.3, 0.4) is 0 Å². The zero-order valence-corrected chi connectivity index (χ0v) is 9.98. The summed E-state index contributed by atoms with van der Waals surface area (Å²) in [5.74, 6) is 2.63. The van der Waals surface area contributed by atoms with Gasteiger partial charge < -0.3 is 10.6 Å². The Morgan fingerprint density at radius 2 is 2.19 bits per heavy atom. The van der Waals surface area contributed by atoms with Gasteiger partial charge in [0.05, 0.1) is 13.1 Å². The summed E-state index contributed by atoms with van der Waals surface area (Å²) in [7, 11) is 0. The Balaban J connectivity index is 2.36. The maximum absolute atomic E-state index is 11.9. The maximum atomic E-state index is 11.9. The van der Waals surface area contributed by atoms with Crippen LogP contribution in [0.25, 0.3) is 0 Å². The lowest BCUT2D eigenvalue weighted by molar-refractivity contribution is -0.131. The summed E-state index contributed by atoms with van der Waals surface area (Å²) >= 11 is 0. The van der Waals surface area contributed by atoms with E-state index in [1.807, 2.05) is 6.92 Å². The normalized spacial score (nSPS) is 18.1. The zero-order chi connectivity index (χ0) is 12.0. The molecule has 0 bridgehead atoms. The lowest BCUT2D eigenvalue weighted by atomic mass is 10.1. The molecule has 1 heterocycles. The fourth-order valence-corrected chi connectivity index (χ4v) is 1.89. The summed E-state index contributed by atoms with van der Waals surface area (Å²) in [6.07, 6.45) is 7.18. The summed E-state index contributed by atoms with van der Waals surface area (Å²) < 4.78 is 0. The van der Waals surface area contributed by atoms with E-state index in [1.165, 1.54) is 0 Å². The SMILES string of the molecule is C#CCN(CC)C(=O)CN1CCC(N)CC1. The van der Waals surface area contributed by atoms with Crippen LogP contribution >= 0.6 is 0 Å². The highest BCUT2D eigenvalue weighted by Crippen LogP contribution is 2.08. The molecule has 0 radical (unpaired) electrons. The molecule has 1 aliphatic rings. The molecule has 16 heavy (non-hydrogen) atoms. The van der Waals surface area contributed by atoms with E-state index < -0.39 is 0 Å². The predicted octanol–water partition coefficient (Wildman–Crippen LogP) is -0.109. The highest BCUT2D eigenvalue weighted by atomic mass is 16.2. The fraction of sp³-hybridized carbons (Fsp3) is 0.750. The highest BCUT2D eigenvalue weighted by molar-refractivity contribution is 5.78. The molecule has 0 unspecified atom stereocenters. The third-order valence-electron chi connectivity index (χ3n) is 3.01. The molecule has 90 valence electrons. The number of carbonyl (C=O) groups is 1. The molecular formula is C12H21N3O. The first kappa shape index (κ1) is 13.0. The van der Waals surface area contributed by atoms with E-state index in [0.717, 1.165) is 25.9 Å². The number of terminal acetylenes is 1. The lowest BCUT2D eigenvalue weighted by Crippen LogP contribution is -2.45. The molecule has 0 saturated carbocycles. The van der Waals surface area contributed by atoms with Crippen molar-refractivity contribution in [3.63, 3.8) is 0 Å². The molecule has 4 heteroatoms. The average Bonchev–Trinajstić information content (AvgIpc) is 2.29. The summed E-state index contributed by atoms with van der Waals surface area (Å²) in [6.45, 7) is 5.34. The van der Waals surface area contributed by atoms with E-state index >= 15 is 0 Å². The first-order valence-electron chi connectivity index (χ1n) is 5.86. The molecule has 0 aromatic rings. The Hall–Kier alpha value is -1.05. The van der Waals surface area contributed by atoms with E-state index in [0.29, 0.717) is 25.7 Å². The Bertz CT molecular complexity index is 264. The number of likely N-dealkylation sites (N-methyl/N-ethyl adjacent to an activating group) is 1. The van der Waals surface area contributed by atoms with Crippen molar-refractivity contribution in [3.05, 3.63) is 0 Å². The second-order valence-electron chi connectivity index (χ2n) is 4.23. The number of carbonyl (C=O) groups excluding carboxylic acids is 1. The van der Waals surface area contributed by atoms with Gasteiger partial charge in [-0.05, 0) is 19.8 Å². The second-order valence-corrected chi connectivity index (χ2v) is 4.23. The molecule has 1 amide bonds. The predicted molar refractivity (Wildman–Crippen MR) is 64.7 cm³/mol. The van der Waals surface area contributed by atoms with Gasteiger partial charge in [-0.1, -0.05) is 5.92 Å². The van der Waals surface area contributed by atoms with E-state index in [9.17, 15) is 4.79 Å². The lowest BCUT2D eigenvalue weighted by Gasteiger charge is -2.31. The second kappa shape index (κ2) is 6.51. The van der Waals surface area contributed by atoms with Crippen LogP contribution < -0.4 is 5.73 Å². The Kier molecular flexibility index (Phi) is 5.30. The Labute approximate surface area is 97.8 Å². The number of piperidine rings is 1. The molecule has 4 nitrogen and oxygen atoms in total. The van der Waals surface area contributed by atoms with Crippen LogP contribution in [-0.4, -0.2) is 54.5 Å². The minimum absolute atomic E-state index is 0.121. The van der Waals surface area contributed by atoms with Gasteiger partial charge in [0.15, 0.2) is 0 Å². The van der Waals surface area contributed by atoms with Crippen LogP contribution in [0.4, 0.5) is 0 Å². The fourth-order valence-electron chi connectivity index (χ4n) is 1.89. The average molecular weight is 223 g/mol. The third kappa shape index (κ3) is 3.84. The third-order valence-corrected chi connectivity index (χ3v) is 3.01. The van der Waals surface area contributed by atoms with Crippen molar-refractivity contribution >= 4 is 5.91 Å². The molecule has 1 aliphatic heterocycles. The summed E-state index contributed by atoms with van der Waals surface area (Å²) in [5, 5.41) is 0. The highest BCUT2D eigenvalue weighted by Gasteiger charge is 2.20. The van der Waals surface area contributed by atoms with Crippen molar-refractivity contribution in [2.24, 2.45) is 5.73 Å². The van der Waals surface area contributed by atoms with Crippen molar-refractivity contribution in [3.8, 4) is 12.3 Å². The van der Waals surface area contributed by atoms with Crippen molar-refractivity contribution in [2.75, 3.05) is 32.7 Å². The van der Waals surface area contributed by atoms with Gasteiger partial charge in [-0.25, -0.2) is 0 Å². The minimum atomic E-state index is 0.121. The van der Waals surface area contributed by atoms with Crippen LogP contribution in [0.2, 0.25) is 0 Å². The molecule has 0 spiro atoms. The van der Waals surface area contributed by atoms with E-state index in [-0.39, 0.29) is 5.91 Å². The quantitative estimate of drug-likeness (QED) is 0.677. The molecule has 2 N–H and O–H groups in total. The Morgan fingerprint density at radius 3 is 2.69 bits per heavy atom. The smallest absolute Gasteiger partial charge is 0.237 e. The molecule has 1 saturated heterocycles. The monoisotopic (exact) mass is 223 g/mol. The zero-order valence-electron chi connectivity index (χ0n) is 9.98. The van der Waals surface area contributed by atoms with Gasteiger partial charge in [0.2, 0.25) is 5.91 Å². The number of hydrogen-bond acceptors (Lipinski definition) is 3. The topological polar surface area (TPSA) is 49.6 Å². The van der Waals surface area contributed by atoms with Gasteiger partial charge in [-0.3, -0.25) is 9.69 Å². The maximum Gasteiger partial charge on any atom is 0.237 e. The molecule has 0 atom stereocenters. The molecule has 0 aromatic heterocycles. The van der Waals surface area contributed by atoms with Gasteiger partial charge in [-0.2, -0.15) is 0 Å². The summed E-state index contributed by atoms with van der Waals surface area (Å²) in [5.41, 5.74) is 5.81. The summed E-state index contributed by atoms with van der Waals surface area (Å²) in [6, 6.07) is 0.305. The van der Waals surface area contributed by atoms with Crippen molar-refractivity contribution in [1.82, 2.24) is 9.80 Å². The van der Waals surface area contributed by atoms with Crippen molar-refractivity contribution in [2.45, 2.75) is 25.8 Å². The first-order valence-corrected chi connectivity index (χ1v) is 5.86. The van der Waals surface area contributed by atoms with E-state index in [4.69, 9.17) is 12.2 Å². The number of nitrogens with two attached hydrogens (primary N) is 1. The van der Waals surface area contributed by atoms with Crippen molar-refractivity contribution < 1.29 is 4.79 Å². The largest absolute Gasteiger partial charge is 0.331 e.